The van der Waals surface area contributed by atoms with E-state index in [0.29, 0.717) is 13.1 Å². The van der Waals surface area contributed by atoms with Crippen molar-refractivity contribution in [2.24, 2.45) is 5.92 Å². The molecule has 1 aromatic carbocycles. The van der Waals surface area contributed by atoms with Crippen molar-refractivity contribution in [2.75, 3.05) is 39.3 Å². The number of amides is 1. The maximum Gasteiger partial charge on any atom is 0.234 e. The Labute approximate surface area is 145 Å². The van der Waals surface area contributed by atoms with Gasteiger partial charge >= 0.3 is 0 Å². The van der Waals surface area contributed by atoms with Gasteiger partial charge in [-0.15, -0.1) is 0 Å². The van der Waals surface area contributed by atoms with Gasteiger partial charge in [-0.05, 0) is 11.5 Å². The van der Waals surface area contributed by atoms with Crippen LogP contribution >= 0.6 is 0 Å². The molecule has 1 amide bonds. The highest BCUT2D eigenvalue weighted by atomic mass is 16.3. The van der Waals surface area contributed by atoms with Gasteiger partial charge < -0.3 is 10.4 Å². The van der Waals surface area contributed by atoms with Gasteiger partial charge in [0.05, 0.1) is 12.6 Å². The molecule has 2 N–H and O–H groups in total. The maximum atomic E-state index is 12.0. The first-order valence-corrected chi connectivity index (χ1v) is 9.02. The highest BCUT2D eigenvalue weighted by molar-refractivity contribution is 5.78. The van der Waals surface area contributed by atoms with Gasteiger partial charge in [0.15, 0.2) is 0 Å². The highest BCUT2D eigenvalue weighted by Gasteiger charge is 2.20. The summed E-state index contributed by atoms with van der Waals surface area (Å²) in [7, 11) is 0. The molecule has 1 aliphatic heterocycles. The molecule has 1 aliphatic rings. The molecule has 0 aromatic heterocycles. The van der Waals surface area contributed by atoms with Crippen molar-refractivity contribution in [2.45, 2.75) is 32.9 Å². The number of carbonyl (C=O) groups excluding carboxylic acids is 1. The first-order valence-electron chi connectivity index (χ1n) is 9.02. The number of piperazine rings is 1. The van der Waals surface area contributed by atoms with Gasteiger partial charge in [0.1, 0.15) is 0 Å². The molecule has 134 valence electrons. The molecule has 2 unspecified atom stereocenters. The van der Waals surface area contributed by atoms with Crippen molar-refractivity contribution in [3.63, 3.8) is 0 Å². The predicted molar refractivity (Wildman–Crippen MR) is 96.6 cm³/mol. The van der Waals surface area contributed by atoms with Crippen LogP contribution in [-0.4, -0.2) is 66.2 Å². The smallest absolute Gasteiger partial charge is 0.234 e. The van der Waals surface area contributed by atoms with Crippen LogP contribution in [0.15, 0.2) is 30.3 Å². The number of nitrogens with zero attached hydrogens (tertiary/aromatic N) is 2. The molecule has 24 heavy (non-hydrogen) atoms. The van der Waals surface area contributed by atoms with Gasteiger partial charge in [-0.25, -0.2) is 0 Å². The van der Waals surface area contributed by atoms with Gasteiger partial charge in [-0.3, -0.25) is 14.6 Å². The fourth-order valence-electron chi connectivity index (χ4n) is 2.90. The van der Waals surface area contributed by atoms with Crippen LogP contribution < -0.4 is 5.32 Å². The second-order valence-corrected chi connectivity index (χ2v) is 6.79. The topological polar surface area (TPSA) is 55.8 Å². The number of hydrogen-bond acceptors (Lipinski definition) is 4. The number of aliphatic hydroxyl groups excluding tert-OH is 1. The lowest BCUT2D eigenvalue weighted by Gasteiger charge is -2.34. The molecule has 0 aliphatic carbocycles. The number of nitrogens with one attached hydrogen (secondary N) is 1. The Kier molecular flexibility index (Phi) is 7.69. The summed E-state index contributed by atoms with van der Waals surface area (Å²) in [4.78, 5) is 16.6. The van der Waals surface area contributed by atoms with E-state index < -0.39 is 6.10 Å². The molecule has 0 radical (unpaired) electrons. The first-order chi connectivity index (χ1) is 11.6. The summed E-state index contributed by atoms with van der Waals surface area (Å²) < 4.78 is 0. The summed E-state index contributed by atoms with van der Waals surface area (Å²) in [6, 6.07) is 10.5. The Hall–Kier alpha value is -1.43. The van der Waals surface area contributed by atoms with Crippen LogP contribution in [0.3, 0.4) is 0 Å². The molecule has 2 atom stereocenters. The largest absolute Gasteiger partial charge is 0.391 e. The van der Waals surface area contributed by atoms with E-state index in [1.165, 1.54) is 5.56 Å². The van der Waals surface area contributed by atoms with Crippen LogP contribution in [0.4, 0.5) is 0 Å². The van der Waals surface area contributed by atoms with Gasteiger partial charge in [0.25, 0.3) is 0 Å². The first kappa shape index (κ1) is 18.9. The lowest BCUT2D eigenvalue weighted by Crippen LogP contribution is -2.49. The third-order valence-corrected chi connectivity index (χ3v) is 4.89. The van der Waals surface area contributed by atoms with Crippen molar-refractivity contribution in [1.82, 2.24) is 15.1 Å². The Morgan fingerprint density at radius 1 is 1.17 bits per heavy atom. The maximum absolute atomic E-state index is 12.0. The lowest BCUT2D eigenvalue weighted by atomic mass is 10.0. The van der Waals surface area contributed by atoms with E-state index in [1.807, 2.05) is 19.9 Å². The van der Waals surface area contributed by atoms with Crippen molar-refractivity contribution in [1.29, 1.82) is 0 Å². The highest BCUT2D eigenvalue weighted by Crippen LogP contribution is 2.08. The molecule has 0 bridgehead atoms. The zero-order valence-corrected chi connectivity index (χ0v) is 14.9. The summed E-state index contributed by atoms with van der Waals surface area (Å²) in [6.07, 6.45) is 0.460. The SMILES string of the molecule is CCC(C)C(O)CNC(=O)CN1CCN(Cc2ccccc2)CC1. The van der Waals surface area contributed by atoms with Crippen LogP contribution in [0.2, 0.25) is 0 Å². The third-order valence-electron chi connectivity index (χ3n) is 4.89. The fourth-order valence-corrected chi connectivity index (χ4v) is 2.90. The molecular formula is C19H31N3O2. The second kappa shape index (κ2) is 9.77. The standard InChI is InChI=1S/C19H31N3O2/c1-3-16(2)18(23)13-20-19(24)15-22-11-9-21(10-12-22)14-17-7-5-4-6-8-17/h4-8,16,18,23H,3,9-15H2,1-2H3,(H,20,24). The minimum absolute atomic E-state index is 0.00821. The van der Waals surface area contributed by atoms with Gasteiger partial charge in [-0.2, -0.15) is 0 Å². The van der Waals surface area contributed by atoms with Gasteiger partial charge in [0, 0.05) is 39.3 Å². The van der Waals surface area contributed by atoms with E-state index in [-0.39, 0.29) is 11.8 Å². The molecular weight excluding hydrogens is 302 g/mol. The number of carbonyl (C=O) groups is 1. The predicted octanol–water partition coefficient (Wildman–Crippen LogP) is 1.33. The van der Waals surface area contributed by atoms with E-state index in [4.69, 9.17) is 0 Å². The summed E-state index contributed by atoms with van der Waals surface area (Å²) in [5, 5.41) is 12.8. The molecule has 1 fully saturated rings. The molecule has 2 rings (SSSR count). The van der Waals surface area contributed by atoms with Crippen molar-refractivity contribution < 1.29 is 9.90 Å². The van der Waals surface area contributed by atoms with E-state index in [1.54, 1.807) is 0 Å². The zero-order chi connectivity index (χ0) is 17.4. The number of hydrogen-bond donors (Lipinski definition) is 2. The van der Waals surface area contributed by atoms with E-state index in [2.05, 4.69) is 39.4 Å². The normalized spacial score (nSPS) is 19.0. The molecule has 1 saturated heterocycles. The average molecular weight is 333 g/mol. The molecule has 5 nitrogen and oxygen atoms in total. The number of aliphatic hydroxyl groups is 1. The van der Waals surface area contributed by atoms with Crippen LogP contribution in [0.5, 0.6) is 0 Å². The second-order valence-electron chi connectivity index (χ2n) is 6.79. The fraction of sp³-hybridized carbons (Fsp3) is 0.632. The van der Waals surface area contributed by atoms with Crippen LogP contribution in [0.1, 0.15) is 25.8 Å². The van der Waals surface area contributed by atoms with Crippen molar-refractivity contribution in [3.8, 4) is 0 Å². The molecule has 0 spiro atoms. The number of rotatable bonds is 8. The monoisotopic (exact) mass is 333 g/mol. The molecule has 0 saturated carbocycles. The quantitative estimate of drug-likeness (QED) is 0.754. The van der Waals surface area contributed by atoms with Crippen LogP contribution in [0.25, 0.3) is 0 Å². The molecule has 5 heteroatoms. The van der Waals surface area contributed by atoms with Crippen LogP contribution in [-0.2, 0) is 11.3 Å². The summed E-state index contributed by atoms with van der Waals surface area (Å²) >= 11 is 0. The van der Waals surface area contributed by atoms with Gasteiger partial charge in [0.2, 0.25) is 5.91 Å². The van der Waals surface area contributed by atoms with Gasteiger partial charge in [-0.1, -0.05) is 50.6 Å². The lowest BCUT2D eigenvalue weighted by molar-refractivity contribution is -0.123. The summed E-state index contributed by atoms with van der Waals surface area (Å²) in [6.45, 7) is 9.58. The average Bonchev–Trinajstić information content (AvgIpc) is 2.61. The molecule has 1 heterocycles. The van der Waals surface area contributed by atoms with Crippen molar-refractivity contribution >= 4 is 5.91 Å². The third kappa shape index (κ3) is 6.23. The van der Waals surface area contributed by atoms with E-state index >= 15 is 0 Å². The minimum Gasteiger partial charge on any atom is -0.391 e. The Bertz CT molecular complexity index is 487. The molecule has 1 aromatic rings. The van der Waals surface area contributed by atoms with Crippen molar-refractivity contribution in [3.05, 3.63) is 35.9 Å². The Morgan fingerprint density at radius 3 is 2.42 bits per heavy atom. The summed E-state index contributed by atoms with van der Waals surface area (Å²) in [5.41, 5.74) is 1.34. The van der Waals surface area contributed by atoms with E-state index in [9.17, 15) is 9.90 Å². The summed E-state index contributed by atoms with van der Waals surface area (Å²) in [5.74, 6) is 0.223. The zero-order valence-electron chi connectivity index (χ0n) is 14.9. The Morgan fingerprint density at radius 2 is 1.79 bits per heavy atom. The number of benzene rings is 1. The Balaban J connectivity index is 1.64. The minimum atomic E-state index is -0.457. The van der Waals surface area contributed by atoms with Crippen LogP contribution in [0, 0.1) is 5.92 Å². The van der Waals surface area contributed by atoms with E-state index in [0.717, 1.165) is 39.1 Å².